The van der Waals surface area contributed by atoms with Crippen LogP contribution in [0, 0.1) is 0 Å². The second kappa shape index (κ2) is 17.4. The van der Waals surface area contributed by atoms with E-state index >= 15 is 0 Å². The number of amidine groups is 1. The number of alkyl carbamates (subject to hydrolysis) is 1. The van der Waals surface area contributed by atoms with Crippen LogP contribution in [0.5, 0.6) is 0 Å². The Balaban J connectivity index is 1.45. The molecule has 0 spiro atoms. The van der Waals surface area contributed by atoms with Crippen molar-refractivity contribution in [2.24, 2.45) is 4.99 Å². The van der Waals surface area contributed by atoms with Crippen LogP contribution in [-0.4, -0.2) is 51.4 Å². The molecule has 2 N–H and O–H groups in total. The summed E-state index contributed by atoms with van der Waals surface area (Å²) < 4.78 is 5.36. The monoisotopic (exact) mass is 734 g/mol. The van der Waals surface area contributed by atoms with E-state index in [0.29, 0.717) is 35.9 Å². The zero-order chi connectivity index (χ0) is 38.8. The summed E-state index contributed by atoms with van der Waals surface area (Å²) in [6.45, 7) is 11.2. The van der Waals surface area contributed by atoms with Crippen LogP contribution in [0.15, 0.2) is 132 Å². The number of rotatable bonds is 12. The summed E-state index contributed by atoms with van der Waals surface area (Å²) in [5.74, 6) is 0.630. The molecule has 9 nitrogen and oxygen atoms in total. The topological polar surface area (TPSA) is 109 Å². The first-order valence-electron chi connectivity index (χ1n) is 19.0. The molecule has 2 aromatic heterocycles. The summed E-state index contributed by atoms with van der Waals surface area (Å²) in [6.07, 6.45) is 6.99. The van der Waals surface area contributed by atoms with Gasteiger partial charge in [0.1, 0.15) is 17.0 Å². The number of benzene rings is 3. The van der Waals surface area contributed by atoms with E-state index in [1.54, 1.807) is 12.4 Å². The predicted octanol–water partition coefficient (Wildman–Crippen LogP) is 9.41. The van der Waals surface area contributed by atoms with Crippen LogP contribution in [0.3, 0.4) is 0 Å². The van der Waals surface area contributed by atoms with Crippen molar-refractivity contribution in [2.75, 3.05) is 18.4 Å². The lowest BCUT2D eigenvalue weighted by Gasteiger charge is -2.33. The van der Waals surface area contributed by atoms with E-state index in [0.717, 1.165) is 46.3 Å². The molecule has 0 bridgehead atoms. The standard InChI is InChI=1S/C46H50N6O3/c1-6-25-52(26-7-2)43(53)34-27-40-41(28-35(31-48-40)33-23-24-39(47-30-33)32-49-44(54)55-45(3,4)5)50-42(29-34)51-46(36-17-11-8-12-18-36,37-19-13-9-14-20-37)38-21-15-10-16-22-38/h8-24,27-28,30-31H,6-7,25-26,29,32H2,1-5H3,(H,49,54)(H,50,51). The molecular weight excluding hydrogens is 685 g/mol. The highest BCUT2D eigenvalue weighted by Gasteiger charge is 2.37. The molecule has 0 saturated heterocycles. The van der Waals surface area contributed by atoms with Gasteiger partial charge in [-0.1, -0.05) is 111 Å². The van der Waals surface area contributed by atoms with Gasteiger partial charge in [0, 0.05) is 48.6 Å². The summed E-state index contributed by atoms with van der Waals surface area (Å²) in [5, 5.41) is 6.43. The first-order chi connectivity index (χ1) is 26.6. The molecule has 0 aliphatic carbocycles. The van der Waals surface area contributed by atoms with Crippen LogP contribution in [0.25, 0.3) is 17.2 Å². The smallest absolute Gasteiger partial charge is 0.407 e. The fourth-order valence-corrected chi connectivity index (χ4v) is 6.82. The van der Waals surface area contributed by atoms with Crippen LogP contribution < -0.4 is 10.6 Å². The summed E-state index contributed by atoms with van der Waals surface area (Å²) in [6, 6.07) is 36.8. The highest BCUT2D eigenvalue weighted by atomic mass is 16.6. The Morgan fingerprint density at radius 1 is 0.782 bits per heavy atom. The molecule has 282 valence electrons. The Bertz CT molecular complexity index is 2020. The second-order valence-electron chi connectivity index (χ2n) is 14.7. The molecule has 1 aliphatic heterocycles. The maximum absolute atomic E-state index is 14.4. The van der Waals surface area contributed by atoms with Gasteiger partial charge in [0.05, 0.1) is 23.6 Å². The predicted molar refractivity (Wildman–Crippen MR) is 221 cm³/mol. The molecule has 3 aromatic carbocycles. The summed E-state index contributed by atoms with van der Waals surface area (Å²) >= 11 is 0. The number of hydrogen-bond donors (Lipinski definition) is 2. The number of aliphatic imine (C=N–C) groups is 1. The van der Waals surface area contributed by atoms with Gasteiger partial charge in [-0.2, -0.15) is 0 Å². The third-order valence-corrected chi connectivity index (χ3v) is 9.26. The van der Waals surface area contributed by atoms with Gasteiger partial charge < -0.3 is 20.3 Å². The fourth-order valence-electron chi connectivity index (χ4n) is 6.82. The Kier molecular flexibility index (Phi) is 12.2. The highest BCUT2D eigenvalue weighted by Crippen LogP contribution is 2.42. The van der Waals surface area contributed by atoms with Gasteiger partial charge in [0.2, 0.25) is 5.91 Å². The van der Waals surface area contributed by atoms with Crippen molar-refractivity contribution in [1.82, 2.24) is 20.2 Å². The number of carbonyl (C=O) groups excluding carboxylic acids is 2. The van der Waals surface area contributed by atoms with Crippen LogP contribution in [-0.2, 0) is 21.6 Å². The van der Waals surface area contributed by atoms with Crippen molar-refractivity contribution in [3.05, 3.63) is 155 Å². The third kappa shape index (κ3) is 9.35. The van der Waals surface area contributed by atoms with Gasteiger partial charge in [-0.3, -0.25) is 19.8 Å². The van der Waals surface area contributed by atoms with Gasteiger partial charge >= 0.3 is 6.09 Å². The molecule has 0 radical (unpaired) electrons. The van der Waals surface area contributed by atoms with Gasteiger partial charge in [-0.05, 0) is 68.5 Å². The molecule has 55 heavy (non-hydrogen) atoms. The van der Waals surface area contributed by atoms with E-state index in [1.165, 1.54) is 0 Å². The minimum Gasteiger partial charge on any atom is -0.444 e. The molecule has 0 atom stereocenters. The van der Waals surface area contributed by atoms with Crippen molar-refractivity contribution in [1.29, 1.82) is 0 Å². The van der Waals surface area contributed by atoms with Crippen LogP contribution in [0.4, 0.5) is 10.5 Å². The number of anilines is 1. The van der Waals surface area contributed by atoms with Crippen molar-refractivity contribution >= 4 is 29.6 Å². The lowest BCUT2D eigenvalue weighted by molar-refractivity contribution is -0.127. The molecule has 0 saturated carbocycles. The molecular formula is C46H50N6O3. The number of nitrogens with one attached hydrogen (secondary N) is 2. The maximum atomic E-state index is 14.4. The van der Waals surface area contributed by atoms with Crippen molar-refractivity contribution in [2.45, 2.75) is 71.6 Å². The van der Waals surface area contributed by atoms with Crippen LogP contribution >= 0.6 is 0 Å². The third-order valence-electron chi connectivity index (χ3n) is 9.26. The van der Waals surface area contributed by atoms with Crippen LogP contribution in [0.1, 0.15) is 82.0 Å². The summed E-state index contributed by atoms with van der Waals surface area (Å²) in [5.41, 5.74) is 5.88. The molecule has 0 fully saturated rings. The normalized spacial score (nSPS) is 13.5. The van der Waals surface area contributed by atoms with Gasteiger partial charge in [0.15, 0.2) is 0 Å². The zero-order valence-corrected chi connectivity index (χ0v) is 32.4. The molecule has 0 unspecified atom stereocenters. The average molecular weight is 735 g/mol. The molecule has 9 heteroatoms. The number of aromatic nitrogens is 2. The maximum Gasteiger partial charge on any atom is 0.407 e. The average Bonchev–Trinajstić information content (AvgIpc) is 3.38. The van der Waals surface area contributed by atoms with E-state index in [9.17, 15) is 9.59 Å². The first kappa shape index (κ1) is 38.6. The molecule has 6 rings (SSSR count). The van der Waals surface area contributed by atoms with Gasteiger partial charge in [-0.25, -0.2) is 4.79 Å². The molecule has 1 aliphatic rings. The number of nitrogens with zero attached hydrogens (tertiary/aromatic N) is 4. The van der Waals surface area contributed by atoms with E-state index < -0.39 is 17.2 Å². The zero-order valence-electron chi connectivity index (χ0n) is 32.4. The lowest BCUT2D eigenvalue weighted by Crippen LogP contribution is -2.35. The first-order valence-corrected chi connectivity index (χ1v) is 19.0. The van der Waals surface area contributed by atoms with Crippen molar-refractivity contribution in [3.8, 4) is 11.1 Å². The number of pyridine rings is 2. The Hall–Kier alpha value is -6.09. The molecule has 5 aromatic rings. The number of fused-ring (bicyclic) bond motifs is 1. The Morgan fingerprint density at radius 3 is 1.85 bits per heavy atom. The fraction of sp³-hybridized carbons (Fsp3) is 0.283. The second-order valence-corrected chi connectivity index (χ2v) is 14.7. The van der Waals surface area contributed by atoms with Crippen molar-refractivity contribution < 1.29 is 14.3 Å². The molecule has 2 amide bonds. The largest absolute Gasteiger partial charge is 0.444 e. The SMILES string of the molecule is CCCN(CCC)C(=O)C1=Cc2ncc(-c3ccc(CNC(=O)OC(C)(C)C)nc3)cc2NC(=NC(c2ccccc2)(c2ccccc2)c2ccccc2)C1. The number of hydrogen-bond acceptors (Lipinski definition) is 6. The quantitative estimate of drug-likeness (QED) is 0.124. The van der Waals surface area contributed by atoms with E-state index in [2.05, 4.69) is 65.9 Å². The van der Waals surface area contributed by atoms with Crippen LogP contribution in [0.2, 0.25) is 0 Å². The summed E-state index contributed by atoms with van der Waals surface area (Å²) in [7, 11) is 0. The summed E-state index contributed by atoms with van der Waals surface area (Å²) in [4.78, 5) is 43.7. The van der Waals surface area contributed by atoms with Gasteiger partial charge in [0.25, 0.3) is 0 Å². The molecule has 3 heterocycles. The lowest BCUT2D eigenvalue weighted by atomic mass is 9.77. The van der Waals surface area contributed by atoms with E-state index in [-0.39, 0.29) is 18.9 Å². The Labute approximate surface area is 324 Å². The van der Waals surface area contributed by atoms with E-state index in [1.807, 2.05) is 105 Å². The highest BCUT2D eigenvalue weighted by molar-refractivity contribution is 6.10. The number of ether oxygens (including phenoxy) is 1. The van der Waals surface area contributed by atoms with Gasteiger partial charge in [-0.15, -0.1) is 0 Å². The van der Waals surface area contributed by atoms with E-state index in [4.69, 9.17) is 14.7 Å². The Morgan fingerprint density at radius 2 is 1.35 bits per heavy atom. The minimum absolute atomic E-state index is 0.0126. The number of amides is 2. The minimum atomic E-state index is -0.935. The number of carbonyl (C=O) groups is 2. The van der Waals surface area contributed by atoms with Crippen molar-refractivity contribution in [3.63, 3.8) is 0 Å².